The van der Waals surface area contributed by atoms with Crippen molar-refractivity contribution < 1.29 is 5.11 Å². The van der Waals surface area contributed by atoms with E-state index in [1.807, 2.05) is 12.1 Å². The molecule has 0 amide bonds. The highest BCUT2D eigenvalue weighted by atomic mass is 16.3. The minimum atomic E-state index is -0.427. The first-order valence-corrected chi connectivity index (χ1v) is 11.1. The summed E-state index contributed by atoms with van der Waals surface area (Å²) in [5, 5.41) is 10.6. The minimum Gasteiger partial charge on any atom is -0.387 e. The van der Waals surface area contributed by atoms with Gasteiger partial charge in [-0.2, -0.15) is 0 Å². The smallest absolute Gasteiger partial charge is 0.0931 e. The number of hydrogen-bond acceptors (Lipinski definition) is 3. The molecule has 0 saturated carbocycles. The Bertz CT molecular complexity index is 394. The Balaban J connectivity index is 2.33. The Morgan fingerprint density at radius 3 is 1.88 bits per heavy atom. The molecule has 0 aliphatic rings. The van der Waals surface area contributed by atoms with Gasteiger partial charge in [0, 0.05) is 24.5 Å². The molecule has 1 aromatic rings. The maximum absolute atomic E-state index is 10.6. The molecular formula is C23H42N2O. The fraction of sp³-hybridized carbons (Fsp3) is 0.783. The van der Waals surface area contributed by atoms with E-state index in [1.165, 1.54) is 77.0 Å². The third kappa shape index (κ3) is 11.6. The SMILES string of the molecule is CCCCCCCCN(CCCCCCCC)CC(O)c1cccnc1. The molecule has 150 valence electrons. The molecule has 1 heterocycles. The highest BCUT2D eigenvalue weighted by Gasteiger charge is 2.13. The van der Waals surface area contributed by atoms with Crippen LogP contribution < -0.4 is 0 Å². The van der Waals surface area contributed by atoms with Gasteiger partial charge in [0.15, 0.2) is 0 Å². The number of pyridine rings is 1. The number of rotatable bonds is 17. The van der Waals surface area contributed by atoms with E-state index in [-0.39, 0.29) is 0 Å². The number of hydrogen-bond donors (Lipinski definition) is 1. The van der Waals surface area contributed by atoms with Crippen molar-refractivity contribution in [2.75, 3.05) is 19.6 Å². The largest absolute Gasteiger partial charge is 0.387 e. The highest BCUT2D eigenvalue weighted by Crippen LogP contribution is 2.15. The number of nitrogens with zero attached hydrogens (tertiary/aromatic N) is 2. The van der Waals surface area contributed by atoms with Crippen LogP contribution in [0.15, 0.2) is 24.5 Å². The zero-order chi connectivity index (χ0) is 18.9. The summed E-state index contributed by atoms with van der Waals surface area (Å²) in [5.41, 5.74) is 0.934. The van der Waals surface area contributed by atoms with Crippen molar-refractivity contribution in [3.63, 3.8) is 0 Å². The summed E-state index contributed by atoms with van der Waals surface area (Å²) in [6.45, 7) is 7.48. The first kappa shape index (κ1) is 23.1. The van der Waals surface area contributed by atoms with Gasteiger partial charge in [-0.3, -0.25) is 4.98 Å². The molecule has 0 fully saturated rings. The number of aliphatic hydroxyl groups excluding tert-OH is 1. The summed E-state index contributed by atoms with van der Waals surface area (Å²) in [6.07, 6.45) is 19.0. The van der Waals surface area contributed by atoms with Gasteiger partial charge >= 0.3 is 0 Å². The van der Waals surface area contributed by atoms with Crippen LogP contribution in [0, 0.1) is 0 Å². The van der Waals surface area contributed by atoms with E-state index in [0.717, 1.165) is 25.2 Å². The number of aromatic nitrogens is 1. The lowest BCUT2D eigenvalue weighted by Gasteiger charge is -2.25. The molecule has 0 spiro atoms. The fourth-order valence-corrected chi connectivity index (χ4v) is 3.45. The predicted octanol–water partition coefficient (Wildman–Crippen LogP) is 6.14. The fourth-order valence-electron chi connectivity index (χ4n) is 3.45. The Hall–Kier alpha value is -0.930. The molecule has 0 aromatic carbocycles. The molecule has 3 nitrogen and oxygen atoms in total. The van der Waals surface area contributed by atoms with E-state index in [1.54, 1.807) is 12.4 Å². The summed E-state index contributed by atoms with van der Waals surface area (Å²) >= 11 is 0. The third-order valence-corrected chi connectivity index (χ3v) is 5.16. The van der Waals surface area contributed by atoms with Gasteiger partial charge in [-0.25, -0.2) is 0 Å². The van der Waals surface area contributed by atoms with Crippen LogP contribution in [0.2, 0.25) is 0 Å². The molecular weight excluding hydrogens is 320 g/mol. The molecule has 1 aromatic heterocycles. The summed E-state index contributed by atoms with van der Waals surface area (Å²) in [7, 11) is 0. The molecule has 0 aliphatic carbocycles. The average Bonchev–Trinajstić information content (AvgIpc) is 2.67. The topological polar surface area (TPSA) is 36.4 Å². The summed E-state index contributed by atoms with van der Waals surface area (Å²) in [5.74, 6) is 0. The van der Waals surface area contributed by atoms with Gasteiger partial charge in [-0.05, 0) is 32.0 Å². The molecule has 0 saturated heterocycles. The lowest BCUT2D eigenvalue weighted by Crippen LogP contribution is -2.31. The lowest BCUT2D eigenvalue weighted by atomic mass is 10.1. The van der Waals surface area contributed by atoms with Gasteiger partial charge < -0.3 is 10.0 Å². The average molecular weight is 363 g/mol. The summed E-state index contributed by atoms with van der Waals surface area (Å²) in [6, 6.07) is 3.88. The standard InChI is InChI=1S/C23H42N2O/c1-3-5-7-9-11-13-18-25(19-14-12-10-8-6-4-2)21-23(26)22-16-15-17-24-20-22/h15-17,20,23,26H,3-14,18-19,21H2,1-2H3. The monoisotopic (exact) mass is 362 g/mol. The molecule has 1 N–H and O–H groups in total. The lowest BCUT2D eigenvalue weighted by molar-refractivity contribution is 0.110. The van der Waals surface area contributed by atoms with E-state index in [9.17, 15) is 5.11 Å². The van der Waals surface area contributed by atoms with Gasteiger partial charge in [0.2, 0.25) is 0 Å². The zero-order valence-electron chi connectivity index (χ0n) is 17.3. The van der Waals surface area contributed by atoms with Crippen LogP contribution in [0.1, 0.15) is 103 Å². The predicted molar refractivity (Wildman–Crippen MR) is 112 cm³/mol. The number of aliphatic hydroxyl groups is 1. The first-order valence-electron chi connectivity index (χ1n) is 11.1. The van der Waals surface area contributed by atoms with Crippen LogP contribution >= 0.6 is 0 Å². The second-order valence-electron chi connectivity index (χ2n) is 7.64. The van der Waals surface area contributed by atoms with Crippen molar-refractivity contribution in [1.82, 2.24) is 9.88 Å². The zero-order valence-corrected chi connectivity index (χ0v) is 17.3. The Kier molecular flexibility index (Phi) is 14.5. The van der Waals surface area contributed by atoms with Crippen molar-refractivity contribution >= 4 is 0 Å². The van der Waals surface area contributed by atoms with Crippen LogP contribution in [0.5, 0.6) is 0 Å². The summed E-state index contributed by atoms with van der Waals surface area (Å²) < 4.78 is 0. The van der Waals surface area contributed by atoms with Crippen LogP contribution in [0.3, 0.4) is 0 Å². The van der Waals surface area contributed by atoms with Crippen molar-refractivity contribution in [3.05, 3.63) is 30.1 Å². The Morgan fingerprint density at radius 1 is 0.846 bits per heavy atom. The van der Waals surface area contributed by atoms with Crippen molar-refractivity contribution in [3.8, 4) is 0 Å². The molecule has 1 atom stereocenters. The van der Waals surface area contributed by atoms with Gasteiger partial charge in [-0.15, -0.1) is 0 Å². The third-order valence-electron chi connectivity index (χ3n) is 5.16. The second kappa shape index (κ2) is 16.3. The van der Waals surface area contributed by atoms with E-state index in [4.69, 9.17) is 0 Å². The van der Waals surface area contributed by atoms with E-state index in [0.29, 0.717) is 0 Å². The van der Waals surface area contributed by atoms with Gasteiger partial charge in [-0.1, -0.05) is 84.1 Å². The minimum absolute atomic E-state index is 0.427. The van der Waals surface area contributed by atoms with Crippen molar-refractivity contribution in [2.24, 2.45) is 0 Å². The molecule has 0 aliphatic heterocycles. The van der Waals surface area contributed by atoms with Gasteiger partial charge in [0.1, 0.15) is 0 Å². The maximum Gasteiger partial charge on any atom is 0.0931 e. The molecule has 1 rings (SSSR count). The molecule has 3 heteroatoms. The van der Waals surface area contributed by atoms with Crippen molar-refractivity contribution in [1.29, 1.82) is 0 Å². The first-order chi connectivity index (χ1) is 12.8. The normalized spacial score (nSPS) is 12.6. The van der Waals surface area contributed by atoms with Crippen LogP contribution in [-0.2, 0) is 0 Å². The Labute approximate surface area is 162 Å². The van der Waals surface area contributed by atoms with Gasteiger partial charge in [0.25, 0.3) is 0 Å². The van der Waals surface area contributed by atoms with E-state index < -0.39 is 6.10 Å². The van der Waals surface area contributed by atoms with Crippen LogP contribution in [0.4, 0.5) is 0 Å². The van der Waals surface area contributed by atoms with Crippen LogP contribution in [-0.4, -0.2) is 34.6 Å². The highest BCUT2D eigenvalue weighted by molar-refractivity contribution is 5.12. The van der Waals surface area contributed by atoms with E-state index in [2.05, 4.69) is 23.7 Å². The van der Waals surface area contributed by atoms with E-state index >= 15 is 0 Å². The second-order valence-corrected chi connectivity index (χ2v) is 7.64. The van der Waals surface area contributed by atoms with Crippen LogP contribution in [0.25, 0.3) is 0 Å². The Morgan fingerprint density at radius 2 is 1.38 bits per heavy atom. The molecule has 0 radical (unpaired) electrons. The van der Waals surface area contributed by atoms with Crippen molar-refractivity contribution in [2.45, 2.75) is 97.0 Å². The number of unbranched alkanes of at least 4 members (excludes halogenated alkanes) is 10. The quantitative estimate of drug-likeness (QED) is 0.338. The molecule has 1 unspecified atom stereocenters. The summed E-state index contributed by atoms with van der Waals surface area (Å²) in [4.78, 5) is 6.61. The molecule has 26 heavy (non-hydrogen) atoms. The van der Waals surface area contributed by atoms with Gasteiger partial charge in [0.05, 0.1) is 6.10 Å². The molecule has 0 bridgehead atoms. The maximum atomic E-state index is 10.6.